The molecule has 0 heterocycles. The van der Waals surface area contributed by atoms with Crippen molar-refractivity contribution in [2.45, 2.75) is 6.42 Å². The Morgan fingerprint density at radius 2 is 2.33 bits per heavy atom. The smallest absolute Gasteiger partial charge is 0.307 e. The minimum atomic E-state index is -0.204. The normalized spacial score (nSPS) is 9.92. The van der Waals surface area contributed by atoms with Crippen molar-refractivity contribution in [3.05, 3.63) is 12.7 Å². The lowest BCUT2D eigenvalue weighted by Gasteiger charge is -2.10. The van der Waals surface area contributed by atoms with Gasteiger partial charge in [-0.3, -0.25) is 15.2 Å². The van der Waals surface area contributed by atoms with E-state index < -0.39 is 0 Å². The fraction of sp³-hybridized carbons (Fsp3) is 0.625. The SMILES string of the molecule is C=CCOC(=O)CCNN(C)C. The van der Waals surface area contributed by atoms with Gasteiger partial charge in [0.1, 0.15) is 6.61 Å². The second-order valence-corrected chi connectivity index (χ2v) is 2.52. The number of hydrogen-bond acceptors (Lipinski definition) is 4. The first-order valence-electron chi connectivity index (χ1n) is 3.84. The maximum Gasteiger partial charge on any atom is 0.307 e. The van der Waals surface area contributed by atoms with Crippen LogP contribution in [0.15, 0.2) is 12.7 Å². The van der Waals surface area contributed by atoms with Gasteiger partial charge in [0.05, 0.1) is 6.42 Å². The second kappa shape index (κ2) is 6.82. The third-order valence-corrected chi connectivity index (χ3v) is 1.12. The Hall–Kier alpha value is -0.870. The minimum Gasteiger partial charge on any atom is -0.461 e. The molecule has 0 fully saturated rings. The van der Waals surface area contributed by atoms with Crippen LogP contribution in [-0.4, -0.2) is 38.2 Å². The Balaban J connectivity index is 3.25. The van der Waals surface area contributed by atoms with Gasteiger partial charge in [-0.15, -0.1) is 0 Å². The van der Waals surface area contributed by atoms with Gasteiger partial charge in [0.2, 0.25) is 0 Å². The number of hydrazine groups is 1. The predicted octanol–water partition coefficient (Wildman–Crippen LogP) is 0.172. The van der Waals surface area contributed by atoms with E-state index in [2.05, 4.69) is 12.0 Å². The first-order valence-corrected chi connectivity index (χ1v) is 3.84. The van der Waals surface area contributed by atoms with Crippen LogP contribution in [0.4, 0.5) is 0 Å². The molecule has 0 saturated heterocycles. The van der Waals surface area contributed by atoms with Gasteiger partial charge < -0.3 is 4.74 Å². The second-order valence-electron chi connectivity index (χ2n) is 2.52. The molecule has 4 nitrogen and oxygen atoms in total. The molecule has 70 valence electrons. The lowest BCUT2D eigenvalue weighted by Crippen LogP contribution is -2.32. The summed E-state index contributed by atoms with van der Waals surface area (Å²) in [7, 11) is 3.74. The third kappa shape index (κ3) is 7.24. The number of esters is 1. The minimum absolute atomic E-state index is 0.204. The van der Waals surface area contributed by atoms with Crippen molar-refractivity contribution < 1.29 is 9.53 Å². The summed E-state index contributed by atoms with van der Waals surface area (Å²) >= 11 is 0. The largest absolute Gasteiger partial charge is 0.461 e. The van der Waals surface area contributed by atoms with Crippen molar-refractivity contribution in [1.29, 1.82) is 0 Å². The van der Waals surface area contributed by atoms with Gasteiger partial charge in [-0.1, -0.05) is 12.7 Å². The van der Waals surface area contributed by atoms with Crippen molar-refractivity contribution in [2.75, 3.05) is 27.2 Å². The van der Waals surface area contributed by atoms with Crippen molar-refractivity contribution in [1.82, 2.24) is 10.4 Å². The van der Waals surface area contributed by atoms with Crippen molar-refractivity contribution in [3.63, 3.8) is 0 Å². The van der Waals surface area contributed by atoms with Crippen LogP contribution in [0.1, 0.15) is 6.42 Å². The maximum absolute atomic E-state index is 10.9. The molecule has 0 bridgehead atoms. The summed E-state index contributed by atoms with van der Waals surface area (Å²) < 4.78 is 4.76. The number of carbonyl (C=O) groups is 1. The molecule has 0 unspecified atom stereocenters. The molecular weight excluding hydrogens is 156 g/mol. The molecular formula is C8H16N2O2. The van der Waals surface area contributed by atoms with Crippen LogP contribution in [-0.2, 0) is 9.53 Å². The molecule has 0 aromatic rings. The number of hydrogen-bond donors (Lipinski definition) is 1. The van der Waals surface area contributed by atoms with E-state index in [1.165, 1.54) is 0 Å². The molecule has 12 heavy (non-hydrogen) atoms. The first-order chi connectivity index (χ1) is 5.66. The number of rotatable bonds is 6. The molecule has 0 amide bonds. The lowest BCUT2D eigenvalue weighted by molar-refractivity contribution is -0.142. The summed E-state index contributed by atoms with van der Waals surface area (Å²) in [4.78, 5) is 10.9. The Labute approximate surface area is 73.2 Å². The molecule has 0 spiro atoms. The van der Waals surface area contributed by atoms with E-state index in [1.54, 1.807) is 11.1 Å². The van der Waals surface area contributed by atoms with Crippen LogP contribution in [0.3, 0.4) is 0 Å². The molecule has 0 aliphatic carbocycles. The van der Waals surface area contributed by atoms with Crippen molar-refractivity contribution in [2.24, 2.45) is 0 Å². The lowest BCUT2D eigenvalue weighted by atomic mass is 10.4. The van der Waals surface area contributed by atoms with E-state index in [0.29, 0.717) is 19.6 Å². The third-order valence-electron chi connectivity index (χ3n) is 1.12. The van der Waals surface area contributed by atoms with Crippen LogP contribution in [0.25, 0.3) is 0 Å². The first kappa shape index (κ1) is 11.1. The van der Waals surface area contributed by atoms with E-state index in [4.69, 9.17) is 4.74 Å². The van der Waals surface area contributed by atoms with Crippen LogP contribution in [0.2, 0.25) is 0 Å². The highest BCUT2D eigenvalue weighted by Gasteiger charge is 2.00. The molecule has 0 aliphatic heterocycles. The highest BCUT2D eigenvalue weighted by Crippen LogP contribution is 1.84. The summed E-state index contributed by atoms with van der Waals surface area (Å²) in [5.41, 5.74) is 2.96. The Kier molecular flexibility index (Phi) is 6.32. The van der Waals surface area contributed by atoms with E-state index in [9.17, 15) is 4.79 Å². The van der Waals surface area contributed by atoms with Gasteiger partial charge in [0.15, 0.2) is 0 Å². The Bertz CT molecular complexity index is 146. The molecule has 0 saturated carbocycles. The average Bonchev–Trinajstić information content (AvgIpc) is 2.00. The number of ether oxygens (including phenoxy) is 1. The maximum atomic E-state index is 10.9. The highest BCUT2D eigenvalue weighted by molar-refractivity contribution is 5.69. The van der Waals surface area contributed by atoms with Gasteiger partial charge in [0.25, 0.3) is 0 Å². The van der Waals surface area contributed by atoms with E-state index >= 15 is 0 Å². The molecule has 0 aromatic carbocycles. The highest BCUT2D eigenvalue weighted by atomic mass is 16.5. The zero-order valence-corrected chi connectivity index (χ0v) is 7.67. The van der Waals surface area contributed by atoms with Gasteiger partial charge >= 0.3 is 5.97 Å². The van der Waals surface area contributed by atoms with Gasteiger partial charge in [-0.05, 0) is 0 Å². The molecule has 0 radical (unpaired) electrons. The molecule has 0 aromatic heterocycles. The predicted molar refractivity (Wildman–Crippen MR) is 47.5 cm³/mol. The standard InChI is InChI=1S/C8H16N2O2/c1-4-7-12-8(11)5-6-9-10(2)3/h4,9H,1,5-7H2,2-3H3. The monoisotopic (exact) mass is 172 g/mol. The van der Waals surface area contributed by atoms with Gasteiger partial charge in [-0.25, -0.2) is 0 Å². The molecule has 1 N–H and O–H groups in total. The zero-order valence-electron chi connectivity index (χ0n) is 7.67. The Morgan fingerprint density at radius 3 is 2.83 bits per heavy atom. The molecule has 0 aliphatic rings. The van der Waals surface area contributed by atoms with Gasteiger partial charge in [-0.2, -0.15) is 0 Å². The zero-order chi connectivity index (χ0) is 9.40. The van der Waals surface area contributed by atoms with Crippen LogP contribution >= 0.6 is 0 Å². The summed E-state index contributed by atoms with van der Waals surface area (Å²) in [6.45, 7) is 4.33. The molecule has 0 rings (SSSR count). The fourth-order valence-electron chi connectivity index (χ4n) is 0.606. The summed E-state index contributed by atoms with van der Waals surface area (Å²) in [5.74, 6) is -0.204. The van der Waals surface area contributed by atoms with Crippen molar-refractivity contribution in [3.8, 4) is 0 Å². The molecule has 4 heteroatoms. The van der Waals surface area contributed by atoms with E-state index in [0.717, 1.165) is 0 Å². The van der Waals surface area contributed by atoms with E-state index in [1.807, 2.05) is 14.1 Å². The van der Waals surface area contributed by atoms with Crippen LogP contribution in [0, 0.1) is 0 Å². The summed E-state index contributed by atoms with van der Waals surface area (Å²) in [6.07, 6.45) is 1.93. The number of nitrogens with one attached hydrogen (secondary N) is 1. The van der Waals surface area contributed by atoms with Crippen LogP contribution < -0.4 is 5.43 Å². The molecule has 0 atom stereocenters. The number of carbonyl (C=O) groups excluding carboxylic acids is 1. The quantitative estimate of drug-likeness (QED) is 0.352. The summed E-state index contributed by atoms with van der Waals surface area (Å²) in [6, 6.07) is 0. The average molecular weight is 172 g/mol. The van der Waals surface area contributed by atoms with E-state index in [-0.39, 0.29) is 5.97 Å². The summed E-state index contributed by atoms with van der Waals surface area (Å²) in [5, 5.41) is 1.79. The fourth-order valence-corrected chi connectivity index (χ4v) is 0.606. The van der Waals surface area contributed by atoms with Crippen molar-refractivity contribution >= 4 is 5.97 Å². The van der Waals surface area contributed by atoms with Gasteiger partial charge in [0, 0.05) is 20.6 Å². The topological polar surface area (TPSA) is 41.6 Å². The van der Waals surface area contributed by atoms with Crippen LogP contribution in [0.5, 0.6) is 0 Å². The number of nitrogens with zero attached hydrogens (tertiary/aromatic N) is 1. The Morgan fingerprint density at radius 1 is 1.67 bits per heavy atom.